The van der Waals surface area contributed by atoms with E-state index in [2.05, 4.69) is 31.2 Å². The molecule has 2 aromatic rings. The molecule has 0 unspecified atom stereocenters. The van der Waals surface area contributed by atoms with E-state index < -0.39 is 0 Å². The Morgan fingerprint density at radius 1 is 1.05 bits per heavy atom. The number of nitrogens with one attached hydrogen (secondary N) is 1. The van der Waals surface area contributed by atoms with Gasteiger partial charge in [-0.3, -0.25) is 4.79 Å². The van der Waals surface area contributed by atoms with Crippen molar-refractivity contribution in [1.29, 1.82) is 0 Å². The van der Waals surface area contributed by atoms with Crippen LogP contribution in [0.5, 0.6) is 0 Å². The average molecular weight is 316 g/mol. The lowest BCUT2D eigenvalue weighted by Crippen LogP contribution is -3.13. The van der Waals surface area contributed by atoms with Gasteiger partial charge in [0.25, 0.3) is 0 Å². The predicted octanol–water partition coefficient (Wildman–Crippen LogP) is 2.76. The monoisotopic (exact) mass is 316 g/mol. The minimum atomic E-state index is 0.217. The Bertz CT molecular complexity index is 609. The first-order valence-corrected chi connectivity index (χ1v) is 8.88. The smallest absolute Gasteiger partial charge is 0.196 e. The van der Waals surface area contributed by atoms with E-state index in [0.717, 1.165) is 40.5 Å². The maximum atomic E-state index is 12.7. The molecular weight excluding hydrogens is 298 g/mol. The van der Waals surface area contributed by atoms with Crippen molar-refractivity contribution in [3.05, 3.63) is 55.9 Å². The Morgan fingerprint density at radius 2 is 1.57 bits per heavy atom. The molecule has 0 aromatic carbocycles. The molecule has 0 amide bonds. The van der Waals surface area contributed by atoms with Crippen LogP contribution in [0.3, 0.4) is 0 Å². The van der Waals surface area contributed by atoms with Crippen LogP contribution in [-0.2, 0) is 4.79 Å². The number of likely N-dealkylation sites (N-methyl/N-ethyl adjacent to an activating group) is 1. The fraction of sp³-hybridized carbons (Fsp3) is 0.235. The van der Waals surface area contributed by atoms with Crippen molar-refractivity contribution in [2.75, 3.05) is 19.6 Å². The molecule has 0 saturated carbocycles. The molecule has 1 fully saturated rings. The van der Waals surface area contributed by atoms with Gasteiger partial charge >= 0.3 is 0 Å². The molecule has 0 bridgehead atoms. The van der Waals surface area contributed by atoms with Gasteiger partial charge in [0, 0.05) is 9.75 Å². The fourth-order valence-corrected chi connectivity index (χ4v) is 3.90. The summed E-state index contributed by atoms with van der Waals surface area (Å²) in [5, 5.41) is 4.10. The van der Waals surface area contributed by atoms with Gasteiger partial charge in [0.15, 0.2) is 5.78 Å². The number of carbonyl (C=O) groups excluding carboxylic acids is 1. The molecule has 3 rings (SSSR count). The van der Waals surface area contributed by atoms with Gasteiger partial charge < -0.3 is 4.90 Å². The third-order valence-electron chi connectivity index (χ3n) is 3.68. The maximum Gasteiger partial charge on any atom is 0.196 e. The second-order valence-corrected chi connectivity index (χ2v) is 7.11. The van der Waals surface area contributed by atoms with Gasteiger partial charge in [-0.05, 0) is 42.0 Å². The average Bonchev–Trinajstić information content (AvgIpc) is 3.16. The minimum Gasteiger partial charge on any atom is -0.327 e. The van der Waals surface area contributed by atoms with Crippen molar-refractivity contribution in [2.45, 2.75) is 6.92 Å². The first-order chi connectivity index (χ1) is 10.3. The molecule has 4 heteroatoms. The molecule has 0 aliphatic carbocycles. The molecule has 3 heterocycles. The van der Waals surface area contributed by atoms with E-state index in [1.165, 1.54) is 4.90 Å². The zero-order chi connectivity index (χ0) is 14.7. The number of hydrogen-bond acceptors (Lipinski definition) is 3. The van der Waals surface area contributed by atoms with E-state index in [1.54, 1.807) is 22.7 Å². The first-order valence-electron chi connectivity index (χ1n) is 7.12. The zero-order valence-corrected chi connectivity index (χ0v) is 13.6. The van der Waals surface area contributed by atoms with E-state index in [-0.39, 0.29) is 5.78 Å². The summed E-state index contributed by atoms with van der Waals surface area (Å²) in [7, 11) is 0. The molecule has 0 radical (unpaired) electrons. The minimum absolute atomic E-state index is 0.217. The van der Waals surface area contributed by atoms with Gasteiger partial charge in [0.2, 0.25) is 0 Å². The summed E-state index contributed by atoms with van der Waals surface area (Å²) in [6.07, 6.45) is 4.12. The van der Waals surface area contributed by atoms with Crippen LogP contribution < -0.4 is 4.90 Å². The maximum absolute atomic E-state index is 12.7. The number of carbonyl (C=O) groups is 1. The van der Waals surface area contributed by atoms with Crippen molar-refractivity contribution >= 4 is 40.6 Å². The first kappa shape index (κ1) is 14.4. The van der Waals surface area contributed by atoms with Gasteiger partial charge in [-0.2, -0.15) is 0 Å². The molecule has 1 saturated heterocycles. The quantitative estimate of drug-likeness (QED) is 0.864. The van der Waals surface area contributed by atoms with Gasteiger partial charge in [-0.15, -0.1) is 22.7 Å². The number of quaternary nitrogens is 1. The van der Waals surface area contributed by atoms with Gasteiger partial charge in [-0.1, -0.05) is 12.1 Å². The third-order valence-corrected chi connectivity index (χ3v) is 5.32. The van der Waals surface area contributed by atoms with Gasteiger partial charge in [-0.25, -0.2) is 0 Å². The largest absolute Gasteiger partial charge is 0.327 e. The molecule has 1 N–H and O–H groups in total. The number of ketones is 1. The highest BCUT2D eigenvalue weighted by Crippen LogP contribution is 2.20. The van der Waals surface area contributed by atoms with E-state index in [1.807, 2.05) is 22.9 Å². The lowest BCUT2D eigenvalue weighted by Gasteiger charge is -2.25. The normalized spacial score (nSPS) is 23.1. The van der Waals surface area contributed by atoms with Gasteiger partial charge in [0.05, 0.1) is 17.7 Å². The number of Topliss-reactive ketones (excluding diaryl/α,β-unsaturated/α-hetero) is 1. The molecule has 2 nitrogen and oxygen atoms in total. The van der Waals surface area contributed by atoms with Crippen LogP contribution in [0.2, 0.25) is 0 Å². The Hall–Kier alpha value is -1.49. The van der Waals surface area contributed by atoms with Crippen molar-refractivity contribution in [3.8, 4) is 0 Å². The Morgan fingerprint density at radius 3 is 1.95 bits per heavy atom. The van der Waals surface area contributed by atoms with Crippen LogP contribution in [0.15, 0.2) is 46.2 Å². The predicted molar refractivity (Wildman–Crippen MR) is 90.8 cm³/mol. The Labute approximate surface area is 133 Å². The van der Waals surface area contributed by atoms with Crippen LogP contribution in [0.1, 0.15) is 16.7 Å². The third kappa shape index (κ3) is 3.40. The standard InChI is InChI=1S/C17H17NOS2/c1-2-18-11-13(9-15-5-3-7-20-15)17(19)14(12-18)10-16-6-4-8-21-16/h3-10H,2,11-12H2,1H3/p+1. The molecular formula is C17H18NOS2+. The highest BCUT2D eigenvalue weighted by atomic mass is 32.1. The molecule has 1 aliphatic heterocycles. The summed E-state index contributed by atoms with van der Waals surface area (Å²) in [6, 6.07) is 8.18. The van der Waals surface area contributed by atoms with Gasteiger partial charge in [0.1, 0.15) is 13.1 Å². The summed E-state index contributed by atoms with van der Waals surface area (Å²) in [6.45, 7) is 4.87. The van der Waals surface area contributed by atoms with E-state index >= 15 is 0 Å². The zero-order valence-electron chi connectivity index (χ0n) is 12.0. The SMILES string of the molecule is CC[NH+]1CC(=Cc2cccs2)C(=O)C(=Cc2cccs2)C1. The van der Waals surface area contributed by atoms with Crippen molar-refractivity contribution in [1.82, 2.24) is 0 Å². The van der Waals surface area contributed by atoms with Crippen molar-refractivity contribution < 1.29 is 9.69 Å². The van der Waals surface area contributed by atoms with E-state index in [0.29, 0.717) is 0 Å². The second-order valence-electron chi connectivity index (χ2n) is 5.16. The van der Waals surface area contributed by atoms with Crippen LogP contribution in [0.4, 0.5) is 0 Å². The molecule has 21 heavy (non-hydrogen) atoms. The lowest BCUT2D eigenvalue weighted by atomic mass is 9.96. The van der Waals surface area contributed by atoms with E-state index in [4.69, 9.17) is 0 Å². The van der Waals surface area contributed by atoms with E-state index in [9.17, 15) is 4.79 Å². The number of rotatable bonds is 3. The van der Waals surface area contributed by atoms with Crippen molar-refractivity contribution in [2.24, 2.45) is 0 Å². The van der Waals surface area contributed by atoms with Crippen LogP contribution in [0.25, 0.3) is 12.2 Å². The molecule has 2 aromatic heterocycles. The summed E-state index contributed by atoms with van der Waals surface area (Å²) in [5.41, 5.74) is 1.87. The molecule has 0 spiro atoms. The number of piperidine rings is 1. The lowest BCUT2D eigenvalue weighted by molar-refractivity contribution is -0.889. The molecule has 0 atom stereocenters. The molecule has 108 valence electrons. The van der Waals surface area contributed by atoms with Crippen LogP contribution >= 0.6 is 22.7 Å². The fourth-order valence-electron chi connectivity index (χ4n) is 2.54. The molecule has 1 aliphatic rings. The van der Waals surface area contributed by atoms with Crippen molar-refractivity contribution in [3.63, 3.8) is 0 Å². The van der Waals surface area contributed by atoms with Crippen LogP contribution in [-0.4, -0.2) is 25.4 Å². The van der Waals surface area contributed by atoms with Crippen LogP contribution in [0, 0.1) is 0 Å². The Balaban J connectivity index is 1.93. The number of likely N-dealkylation sites (tertiary alicyclic amines) is 1. The number of hydrogen-bond donors (Lipinski definition) is 1. The highest BCUT2D eigenvalue weighted by Gasteiger charge is 2.28. The summed E-state index contributed by atoms with van der Waals surface area (Å²) in [4.78, 5) is 16.5. The summed E-state index contributed by atoms with van der Waals surface area (Å²) < 4.78 is 0. The topological polar surface area (TPSA) is 21.5 Å². The second kappa shape index (κ2) is 6.52. The number of thiophene rings is 2. The highest BCUT2D eigenvalue weighted by molar-refractivity contribution is 7.11. The Kier molecular flexibility index (Phi) is 4.48. The summed E-state index contributed by atoms with van der Waals surface area (Å²) >= 11 is 3.36. The summed E-state index contributed by atoms with van der Waals surface area (Å²) in [5.74, 6) is 0.217.